The van der Waals surface area contributed by atoms with Gasteiger partial charge in [0.25, 0.3) is 5.91 Å². The van der Waals surface area contributed by atoms with Gasteiger partial charge in [-0.15, -0.1) is 0 Å². The van der Waals surface area contributed by atoms with E-state index in [1.54, 1.807) is 11.7 Å². The molecule has 2 rings (SSSR count). The van der Waals surface area contributed by atoms with Gasteiger partial charge in [-0.05, 0) is 39.8 Å². The van der Waals surface area contributed by atoms with Crippen molar-refractivity contribution < 1.29 is 4.79 Å². The Bertz CT molecular complexity index is 531. The number of carbonyl (C=O) groups is 1. The van der Waals surface area contributed by atoms with Gasteiger partial charge in [0.1, 0.15) is 11.4 Å². The van der Waals surface area contributed by atoms with Crippen molar-refractivity contribution in [3.8, 4) is 0 Å². The molecule has 0 bridgehead atoms. The number of likely N-dealkylation sites (N-methyl/N-ethyl adjacent to an activating group) is 1. The summed E-state index contributed by atoms with van der Waals surface area (Å²) in [5.74, 6) is 1.11. The maximum absolute atomic E-state index is 13.1. The van der Waals surface area contributed by atoms with Crippen molar-refractivity contribution in [3.05, 3.63) is 11.3 Å². The highest BCUT2D eigenvalue weighted by Crippen LogP contribution is 2.26. The van der Waals surface area contributed by atoms with E-state index in [0.717, 1.165) is 19.6 Å². The van der Waals surface area contributed by atoms with Crippen LogP contribution in [0, 0.1) is 12.8 Å². The molecule has 1 amide bonds. The van der Waals surface area contributed by atoms with Crippen LogP contribution in [0.1, 0.15) is 48.2 Å². The zero-order valence-electron chi connectivity index (χ0n) is 15.0. The van der Waals surface area contributed by atoms with Gasteiger partial charge >= 0.3 is 0 Å². The molecule has 1 aromatic heterocycles. The molecule has 23 heavy (non-hydrogen) atoms. The standard InChI is InChI=1S/C17H31N5O/c1-13-15(16(18)21(4)19-13)17(23)22(11-10-20(2)3)12-14-8-6-5-7-9-14/h14H,5-12,18H2,1-4H3. The molecule has 1 aliphatic carbocycles. The fourth-order valence-corrected chi connectivity index (χ4v) is 3.38. The SMILES string of the molecule is Cc1nn(C)c(N)c1C(=O)N(CCN(C)C)CC1CCCCC1. The first kappa shape index (κ1) is 17.8. The average molecular weight is 321 g/mol. The van der Waals surface area contributed by atoms with Gasteiger partial charge in [-0.2, -0.15) is 5.10 Å². The second kappa shape index (κ2) is 7.81. The van der Waals surface area contributed by atoms with Crippen LogP contribution in [0.15, 0.2) is 0 Å². The molecule has 2 N–H and O–H groups in total. The highest BCUT2D eigenvalue weighted by atomic mass is 16.2. The van der Waals surface area contributed by atoms with Crippen LogP contribution in [0.5, 0.6) is 0 Å². The molecule has 0 saturated heterocycles. The van der Waals surface area contributed by atoms with Gasteiger partial charge in [-0.25, -0.2) is 0 Å². The quantitative estimate of drug-likeness (QED) is 0.869. The van der Waals surface area contributed by atoms with Crippen LogP contribution >= 0.6 is 0 Å². The molecular weight excluding hydrogens is 290 g/mol. The van der Waals surface area contributed by atoms with Crippen molar-refractivity contribution in [2.45, 2.75) is 39.0 Å². The third kappa shape index (κ3) is 4.47. The van der Waals surface area contributed by atoms with Gasteiger partial charge in [-0.3, -0.25) is 9.48 Å². The molecule has 0 unspecified atom stereocenters. The van der Waals surface area contributed by atoms with Crippen molar-refractivity contribution >= 4 is 11.7 Å². The summed E-state index contributed by atoms with van der Waals surface area (Å²) in [6.45, 7) is 4.28. The maximum atomic E-state index is 13.1. The Morgan fingerprint density at radius 3 is 2.43 bits per heavy atom. The monoisotopic (exact) mass is 321 g/mol. The average Bonchev–Trinajstić information content (AvgIpc) is 2.76. The Balaban J connectivity index is 2.15. The summed E-state index contributed by atoms with van der Waals surface area (Å²) in [7, 11) is 5.85. The molecule has 1 saturated carbocycles. The minimum Gasteiger partial charge on any atom is -0.383 e. The van der Waals surface area contributed by atoms with E-state index >= 15 is 0 Å². The number of rotatable bonds is 6. The van der Waals surface area contributed by atoms with Crippen molar-refractivity contribution in [2.75, 3.05) is 39.5 Å². The minimum absolute atomic E-state index is 0.0283. The number of hydrogen-bond donors (Lipinski definition) is 1. The summed E-state index contributed by atoms with van der Waals surface area (Å²) in [4.78, 5) is 17.2. The third-order valence-electron chi connectivity index (χ3n) is 4.79. The predicted octanol–water partition coefficient (Wildman–Crippen LogP) is 1.89. The first-order valence-electron chi connectivity index (χ1n) is 8.63. The molecule has 0 aromatic carbocycles. The first-order valence-corrected chi connectivity index (χ1v) is 8.63. The zero-order chi connectivity index (χ0) is 17.0. The molecule has 0 atom stereocenters. The zero-order valence-corrected chi connectivity index (χ0v) is 15.0. The van der Waals surface area contributed by atoms with Crippen LogP contribution in [0.3, 0.4) is 0 Å². The van der Waals surface area contributed by atoms with Crippen molar-refractivity contribution in [3.63, 3.8) is 0 Å². The molecule has 0 aliphatic heterocycles. The molecule has 0 spiro atoms. The highest BCUT2D eigenvalue weighted by Gasteiger charge is 2.26. The summed E-state index contributed by atoms with van der Waals surface area (Å²) in [6, 6.07) is 0. The van der Waals surface area contributed by atoms with Crippen molar-refractivity contribution in [2.24, 2.45) is 13.0 Å². The van der Waals surface area contributed by atoms with Gasteiger partial charge in [0.05, 0.1) is 5.69 Å². The first-order chi connectivity index (χ1) is 10.9. The Morgan fingerprint density at radius 1 is 1.26 bits per heavy atom. The molecule has 6 heteroatoms. The van der Waals surface area contributed by atoms with E-state index in [-0.39, 0.29) is 5.91 Å². The van der Waals surface area contributed by atoms with E-state index in [0.29, 0.717) is 23.0 Å². The number of nitrogens with zero attached hydrogens (tertiary/aromatic N) is 4. The smallest absolute Gasteiger partial charge is 0.259 e. The Kier molecular flexibility index (Phi) is 6.04. The maximum Gasteiger partial charge on any atom is 0.259 e. The predicted molar refractivity (Wildman–Crippen MR) is 93.4 cm³/mol. The number of nitrogens with two attached hydrogens (primary N) is 1. The van der Waals surface area contributed by atoms with Crippen LogP contribution in [0.2, 0.25) is 0 Å². The van der Waals surface area contributed by atoms with E-state index in [2.05, 4.69) is 10.00 Å². The highest BCUT2D eigenvalue weighted by molar-refractivity contribution is 5.99. The lowest BCUT2D eigenvalue weighted by molar-refractivity contribution is 0.0702. The van der Waals surface area contributed by atoms with Crippen LogP contribution in [0.25, 0.3) is 0 Å². The third-order valence-corrected chi connectivity index (χ3v) is 4.79. The summed E-state index contributed by atoms with van der Waals surface area (Å²) >= 11 is 0. The second-order valence-electron chi connectivity index (χ2n) is 7.03. The van der Waals surface area contributed by atoms with Gasteiger partial charge in [0.15, 0.2) is 0 Å². The van der Waals surface area contributed by atoms with Crippen molar-refractivity contribution in [1.29, 1.82) is 0 Å². The molecule has 1 fully saturated rings. The van der Waals surface area contributed by atoms with Gasteiger partial charge in [-0.1, -0.05) is 19.3 Å². The van der Waals surface area contributed by atoms with Crippen LogP contribution in [0.4, 0.5) is 5.82 Å². The van der Waals surface area contributed by atoms with Gasteiger partial charge in [0, 0.05) is 26.7 Å². The number of amides is 1. The van der Waals surface area contributed by atoms with E-state index in [4.69, 9.17) is 5.73 Å². The lowest BCUT2D eigenvalue weighted by Crippen LogP contribution is -2.40. The lowest BCUT2D eigenvalue weighted by Gasteiger charge is -2.30. The van der Waals surface area contributed by atoms with E-state index in [1.165, 1.54) is 32.1 Å². The fourth-order valence-electron chi connectivity index (χ4n) is 3.38. The van der Waals surface area contributed by atoms with Crippen molar-refractivity contribution in [1.82, 2.24) is 19.6 Å². The summed E-state index contributed by atoms with van der Waals surface area (Å²) in [5.41, 5.74) is 7.36. The Morgan fingerprint density at radius 2 is 1.91 bits per heavy atom. The molecule has 0 radical (unpaired) electrons. The van der Waals surface area contributed by atoms with Crippen LogP contribution in [-0.4, -0.2) is 59.2 Å². The topological polar surface area (TPSA) is 67.4 Å². The van der Waals surface area contributed by atoms with Gasteiger partial charge in [0.2, 0.25) is 0 Å². The van der Waals surface area contributed by atoms with Crippen LogP contribution < -0.4 is 5.73 Å². The van der Waals surface area contributed by atoms with E-state index in [1.807, 2.05) is 25.9 Å². The minimum atomic E-state index is 0.0283. The van der Waals surface area contributed by atoms with E-state index < -0.39 is 0 Å². The lowest BCUT2D eigenvalue weighted by atomic mass is 9.89. The number of aromatic nitrogens is 2. The molecule has 1 aliphatic rings. The normalized spacial score (nSPS) is 16.0. The number of hydrogen-bond acceptors (Lipinski definition) is 4. The number of nitrogen functional groups attached to an aromatic ring is 1. The number of carbonyl (C=O) groups excluding carboxylic acids is 1. The summed E-state index contributed by atoms with van der Waals surface area (Å²) in [6.07, 6.45) is 6.36. The molecule has 130 valence electrons. The largest absolute Gasteiger partial charge is 0.383 e. The molecule has 6 nitrogen and oxygen atoms in total. The summed E-state index contributed by atoms with van der Waals surface area (Å²) in [5, 5.41) is 4.29. The molecular formula is C17H31N5O. The summed E-state index contributed by atoms with van der Waals surface area (Å²) < 4.78 is 1.59. The molecule has 1 heterocycles. The van der Waals surface area contributed by atoms with Gasteiger partial charge < -0.3 is 15.5 Å². The molecule has 1 aromatic rings. The van der Waals surface area contributed by atoms with Crippen LogP contribution in [-0.2, 0) is 7.05 Å². The second-order valence-corrected chi connectivity index (χ2v) is 7.03. The Hall–Kier alpha value is -1.56. The van der Waals surface area contributed by atoms with E-state index in [9.17, 15) is 4.79 Å². The Labute approximate surface area is 139 Å². The number of anilines is 1. The number of aryl methyl sites for hydroxylation is 2. The fraction of sp³-hybridized carbons (Fsp3) is 0.765.